The molecule has 0 spiro atoms. The number of carbonyl (C=O) groups is 2. The van der Waals surface area contributed by atoms with Crippen LogP contribution in [0.4, 0.5) is 0 Å². The van der Waals surface area contributed by atoms with Crippen molar-refractivity contribution in [1.82, 2.24) is 4.57 Å². The van der Waals surface area contributed by atoms with Crippen LogP contribution in [0.3, 0.4) is 0 Å². The van der Waals surface area contributed by atoms with Crippen molar-refractivity contribution in [3.63, 3.8) is 0 Å². The molecule has 0 saturated carbocycles. The number of aromatic carboxylic acids is 1. The summed E-state index contributed by atoms with van der Waals surface area (Å²) in [6.45, 7) is 0.279. The van der Waals surface area contributed by atoms with Crippen LogP contribution in [-0.4, -0.2) is 26.7 Å². The Morgan fingerprint density at radius 2 is 1.80 bits per heavy atom. The third-order valence-corrected chi connectivity index (χ3v) is 3.17. The first-order valence-electron chi connectivity index (χ1n) is 5.86. The molecule has 5 nitrogen and oxygen atoms in total. The zero-order valence-electron chi connectivity index (χ0n) is 10.4. The number of rotatable bonds is 5. The van der Waals surface area contributed by atoms with Gasteiger partial charge in [0.05, 0.1) is 6.42 Å². The topological polar surface area (TPSA) is 79.5 Å². The SMILES string of the molecule is O=C(O)Cc1cc(Cl)n(Cc2ccccc2)c1C(=O)O. The molecule has 0 aliphatic carbocycles. The summed E-state index contributed by atoms with van der Waals surface area (Å²) >= 11 is 6.03. The summed E-state index contributed by atoms with van der Waals surface area (Å²) in [5, 5.41) is 18.3. The Morgan fingerprint density at radius 1 is 1.15 bits per heavy atom. The number of benzene rings is 1. The summed E-state index contributed by atoms with van der Waals surface area (Å²) in [4.78, 5) is 22.1. The molecule has 2 N–H and O–H groups in total. The fourth-order valence-corrected chi connectivity index (χ4v) is 2.32. The van der Waals surface area contributed by atoms with E-state index in [0.29, 0.717) is 0 Å². The Morgan fingerprint density at radius 3 is 2.35 bits per heavy atom. The second-order valence-corrected chi connectivity index (χ2v) is 4.68. The van der Waals surface area contributed by atoms with E-state index >= 15 is 0 Å². The van der Waals surface area contributed by atoms with Gasteiger partial charge in [0, 0.05) is 6.54 Å². The van der Waals surface area contributed by atoms with Crippen LogP contribution < -0.4 is 0 Å². The van der Waals surface area contributed by atoms with Crippen molar-refractivity contribution >= 4 is 23.5 Å². The Labute approximate surface area is 120 Å². The minimum atomic E-state index is -1.19. The maximum absolute atomic E-state index is 11.4. The van der Waals surface area contributed by atoms with Crippen LogP contribution in [0.15, 0.2) is 36.4 Å². The maximum Gasteiger partial charge on any atom is 0.352 e. The predicted molar refractivity (Wildman–Crippen MR) is 73.3 cm³/mol. The largest absolute Gasteiger partial charge is 0.481 e. The minimum absolute atomic E-state index is 0.0822. The van der Waals surface area contributed by atoms with E-state index in [2.05, 4.69) is 0 Å². The van der Waals surface area contributed by atoms with E-state index in [-0.39, 0.29) is 29.4 Å². The highest BCUT2D eigenvalue weighted by Crippen LogP contribution is 2.23. The molecule has 1 aromatic heterocycles. The molecule has 0 aliphatic heterocycles. The van der Waals surface area contributed by atoms with Gasteiger partial charge in [0.2, 0.25) is 0 Å². The first kappa shape index (κ1) is 14.1. The Kier molecular flexibility index (Phi) is 4.10. The second-order valence-electron chi connectivity index (χ2n) is 4.29. The van der Waals surface area contributed by atoms with E-state index in [1.54, 1.807) is 0 Å². The summed E-state index contributed by atoms with van der Waals surface area (Å²) in [5.41, 5.74) is 1.00. The number of halogens is 1. The first-order valence-corrected chi connectivity index (χ1v) is 6.23. The van der Waals surface area contributed by atoms with Crippen LogP contribution >= 0.6 is 11.6 Å². The van der Waals surface area contributed by atoms with Crippen molar-refractivity contribution in [2.75, 3.05) is 0 Å². The number of hydrogen-bond donors (Lipinski definition) is 2. The van der Waals surface area contributed by atoms with Crippen molar-refractivity contribution < 1.29 is 19.8 Å². The zero-order valence-corrected chi connectivity index (χ0v) is 11.2. The van der Waals surface area contributed by atoms with Crippen LogP contribution in [0, 0.1) is 0 Å². The lowest BCUT2D eigenvalue weighted by atomic mass is 10.1. The monoisotopic (exact) mass is 293 g/mol. The van der Waals surface area contributed by atoms with Crippen molar-refractivity contribution in [3.8, 4) is 0 Å². The lowest BCUT2D eigenvalue weighted by Crippen LogP contribution is -2.13. The molecule has 1 heterocycles. The van der Waals surface area contributed by atoms with Crippen LogP contribution in [0.2, 0.25) is 5.15 Å². The molecule has 1 aromatic carbocycles. The summed E-state index contributed by atoms with van der Waals surface area (Å²) in [7, 11) is 0. The molecule has 0 atom stereocenters. The number of carboxylic acids is 2. The summed E-state index contributed by atoms with van der Waals surface area (Å²) in [6, 6.07) is 10.6. The third kappa shape index (κ3) is 3.00. The van der Waals surface area contributed by atoms with Gasteiger partial charge in [-0.15, -0.1) is 0 Å². The minimum Gasteiger partial charge on any atom is -0.481 e. The normalized spacial score (nSPS) is 10.4. The highest BCUT2D eigenvalue weighted by molar-refractivity contribution is 6.30. The number of aliphatic carboxylic acids is 1. The molecule has 0 radical (unpaired) electrons. The standard InChI is InChI=1S/C14H12ClNO4/c15-11-6-10(7-12(17)18)13(14(19)20)16(11)8-9-4-2-1-3-5-9/h1-6H,7-8H2,(H,17,18)(H,19,20). The first-order chi connectivity index (χ1) is 9.49. The molecular weight excluding hydrogens is 282 g/mol. The predicted octanol–water partition coefficient (Wildman–Crippen LogP) is 2.52. The van der Waals surface area contributed by atoms with Gasteiger partial charge in [-0.1, -0.05) is 41.9 Å². The Balaban J connectivity index is 2.44. The van der Waals surface area contributed by atoms with Crippen molar-refractivity contribution in [1.29, 1.82) is 0 Å². The molecule has 104 valence electrons. The van der Waals surface area contributed by atoms with Crippen molar-refractivity contribution in [2.24, 2.45) is 0 Å². The van der Waals surface area contributed by atoms with E-state index in [9.17, 15) is 14.7 Å². The molecule has 2 aromatic rings. The smallest absolute Gasteiger partial charge is 0.352 e. The number of nitrogens with zero attached hydrogens (tertiary/aromatic N) is 1. The van der Waals surface area contributed by atoms with Crippen LogP contribution in [0.25, 0.3) is 0 Å². The summed E-state index contributed by atoms with van der Waals surface area (Å²) in [6.07, 6.45) is -0.372. The van der Waals surface area contributed by atoms with E-state index in [1.165, 1.54) is 10.6 Å². The average Bonchev–Trinajstić information content (AvgIpc) is 2.66. The number of carboxylic acid groups (broad SMARTS) is 2. The van der Waals surface area contributed by atoms with Gasteiger partial charge >= 0.3 is 11.9 Å². The summed E-state index contributed by atoms with van der Waals surface area (Å²) in [5.74, 6) is -2.29. The van der Waals surface area contributed by atoms with E-state index in [4.69, 9.17) is 16.7 Å². The molecule has 0 fully saturated rings. The zero-order chi connectivity index (χ0) is 14.7. The highest BCUT2D eigenvalue weighted by atomic mass is 35.5. The molecule has 2 rings (SSSR count). The van der Waals surface area contributed by atoms with Gasteiger partial charge in [0.15, 0.2) is 0 Å². The third-order valence-electron chi connectivity index (χ3n) is 2.85. The van der Waals surface area contributed by atoms with Crippen molar-refractivity contribution in [3.05, 3.63) is 58.4 Å². The fourth-order valence-electron chi connectivity index (χ4n) is 2.04. The van der Waals surface area contributed by atoms with Gasteiger partial charge in [-0.05, 0) is 17.2 Å². The average molecular weight is 294 g/mol. The molecule has 0 saturated heterocycles. The van der Waals surface area contributed by atoms with E-state index in [1.807, 2.05) is 30.3 Å². The lowest BCUT2D eigenvalue weighted by molar-refractivity contribution is -0.136. The van der Waals surface area contributed by atoms with Gasteiger partial charge in [0.1, 0.15) is 10.8 Å². The molecule has 0 amide bonds. The molecule has 6 heteroatoms. The quantitative estimate of drug-likeness (QED) is 0.888. The Bertz CT molecular complexity index is 649. The Hall–Kier alpha value is -2.27. The highest BCUT2D eigenvalue weighted by Gasteiger charge is 2.21. The van der Waals surface area contributed by atoms with Gasteiger partial charge in [-0.25, -0.2) is 4.79 Å². The van der Waals surface area contributed by atoms with E-state index < -0.39 is 11.9 Å². The van der Waals surface area contributed by atoms with Crippen molar-refractivity contribution in [2.45, 2.75) is 13.0 Å². The van der Waals surface area contributed by atoms with Gasteiger partial charge < -0.3 is 14.8 Å². The van der Waals surface area contributed by atoms with Gasteiger partial charge in [-0.3, -0.25) is 4.79 Å². The van der Waals surface area contributed by atoms with Gasteiger partial charge in [-0.2, -0.15) is 0 Å². The lowest BCUT2D eigenvalue weighted by Gasteiger charge is -2.09. The molecular formula is C14H12ClNO4. The maximum atomic E-state index is 11.4. The number of hydrogen-bond acceptors (Lipinski definition) is 2. The van der Waals surface area contributed by atoms with E-state index in [0.717, 1.165) is 5.56 Å². The molecule has 0 aliphatic rings. The van der Waals surface area contributed by atoms with Crippen LogP contribution in [0.5, 0.6) is 0 Å². The van der Waals surface area contributed by atoms with Crippen LogP contribution in [0.1, 0.15) is 21.6 Å². The second kappa shape index (κ2) is 5.79. The molecule has 0 bridgehead atoms. The molecule has 0 unspecified atom stereocenters. The fraction of sp³-hybridized carbons (Fsp3) is 0.143. The molecule has 20 heavy (non-hydrogen) atoms. The van der Waals surface area contributed by atoms with Crippen LogP contribution in [-0.2, 0) is 17.8 Å². The van der Waals surface area contributed by atoms with Gasteiger partial charge in [0.25, 0.3) is 0 Å². The summed E-state index contributed by atoms with van der Waals surface area (Å²) < 4.78 is 1.40. The number of aromatic nitrogens is 1.